The molecule has 0 amide bonds. The number of nitrogen functional groups attached to an aromatic ring is 1. The van der Waals surface area contributed by atoms with E-state index in [1.807, 2.05) is 6.07 Å². The van der Waals surface area contributed by atoms with Gasteiger partial charge < -0.3 is 16.0 Å². The van der Waals surface area contributed by atoms with E-state index in [1.165, 1.54) is 32.5 Å². The van der Waals surface area contributed by atoms with Crippen molar-refractivity contribution in [1.82, 2.24) is 9.88 Å². The topological polar surface area (TPSA) is 54.2 Å². The fourth-order valence-electron chi connectivity index (χ4n) is 2.10. The molecule has 4 nitrogen and oxygen atoms in total. The Bertz CT molecular complexity index is 364. The number of likely N-dealkylation sites (tertiary alicyclic amines) is 1. The second kappa shape index (κ2) is 6.21. The molecule has 0 spiro atoms. The zero-order valence-corrected chi connectivity index (χ0v) is 11.5. The van der Waals surface area contributed by atoms with Gasteiger partial charge in [-0.05, 0) is 60.9 Å². The average Bonchev–Trinajstić information content (AvgIpc) is 2.79. The fraction of sp³-hybridized carbons (Fsp3) is 0.583. The van der Waals surface area contributed by atoms with Crippen LogP contribution in [0.4, 0.5) is 11.5 Å². The lowest BCUT2D eigenvalue weighted by molar-refractivity contribution is 0.337. The Morgan fingerprint density at radius 1 is 1.41 bits per heavy atom. The van der Waals surface area contributed by atoms with Crippen LogP contribution in [0.1, 0.15) is 19.3 Å². The van der Waals surface area contributed by atoms with Crippen molar-refractivity contribution >= 4 is 27.4 Å². The SMILES string of the molecule is Nc1cnc(NCCCN2CCCC2)c(Br)c1. The molecular weight excluding hydrogens is 280 g/mol. The van der Waals surface area contributed by atoms with E-state index in [9.17, 15) is 0 Å². The Morgan fingerprint density at radius 3 is 2.88 bits per heavy atom. The van der Waals surface area contributed by atoms with Crippen molar-refractivity contribution in [2.24, 2.45) is 0 Å². The molecule has 0 aliphatic carbocycles. The van der Waals surface area contributed by atoms with Gasteiger partial charge in [-0.3, -0.25) is 0 Å². The normalized spacial score (nSPS) is 16.3. The van der Waals surface area contributed by atoms with Crippen LogP contribution in [0.25, 0.3) is 0 Å². The largest absolute Gasteiger partial charge is 0.397 e. The van der Waals surface area contributed by atoms with E-state index in [1.54, 1.807) is 6.20 Å². The molecule has 0 radical (unpaired) electrons. The quantitative estimate of drug-likeness (QED) is 0.819. The second-order valence-corrected chi connectivity index (χ2v) is 5.28. The van der Waals surface area contributed by atoms with E-state index >= 15 is 0 Å². The summed E-state index contributed by atoms with van der Waals surface area (Å²) < 4.78 is 0.929. The first-order chi connectivity index (χ1) is 8.25. The minimum absolute atomic E-state index is 0.680. The van der Waals surface area contributed by atoms with Gasteiger partial charge in [0.05, 0.1) is 16.4 Å². The predicted molar refractivity (Wildman–Crippen MR) is 75.1 cm³/mol. The molecule has 0 atom stereocenters. The van der Waals surface area contributed by atoms with Gasteiger partial charge in [-0.25, -0.2) is 4.98 Å². The Hall–Kier alpha value is -0.810. The molecule has 5 heteroatoms. The molecule has 17 heavy (non-hydrogen) atoms. The summed E-state index contributed by atoms with van der Waals surface area (Å²) in [6.07, 6.45) is 5.54. The fourth-order valence-corrected chi connectivity index (χ4v) is 2.61. The van der Waals surface area contributed by atoms with E-state index in [2.05, 4.69) is 31.1 Å². The molecule has 0 unspecified atom stereocenters. The Morgan fingerprint density at radius 2 is 2.18 bits per heavy atom. The van der Waals surface area contributed by atoms with Crippen molar-refractivity contribution in [2.75, 3.05) is 37.2 Å². The summed E-state index contributed by atoms with van der Waals surface area (Å²) in [4.78, 5) is 6.77. The zero-order valence-electron chi connectivity index (χ0n) is 9.95. The van der Waals surface area contributed by atoms with Crippen LogP contribution in [0.15, 0.2) is 16.7 Å². The Balaban J connectivity index is 1.70. The number of hydrogen-bond donors (Lipinski definition) is 2. The third-order valence-electron chi connectivity index (χ3n) is 3.00. The van der Waals surface area contributed by atoms with Gasteiger partial charge in [-0.15, -0.1) is 0 Å². The lowest BCUT2D eigenvalue weighted by Gasteiger charge is -2.14. The molecule has 1 aromatic rings. The average molecular weight is 299 g/mol. The molecule has 1 aliphatic rings. The number of aromatic nitrogens is 1. The monoisotopic (exact) mass is 298 g/mol. The molecule has 0 aromatic carbocycles. The summed E-state index contributed by atoms with van der Waals surface area (Å²) in [5.74, 6) is 0.876. The summed E-state index contributed by atoms with van der Waals surface area (Å²) >= 11 is 3.45. The Labute approximate surface area is 111 Å². The third kappa shape index (κ3) is 3.85. The smallest absolute Gasteiger partial charge is 0.140 e. The Kier molecular flexibility index (Phi) is 4.62. The lowest BCUT2D eigenvalue weighted by atomic mass is 10.3. The number of nitrogens with one attached hydrogen (secondary N) is 1. The van der Waals surface area contributed by atoms with Crippen LogP contribution in [0, 0.1) is 0 Å². The highest BCUT2D eigenvalue weighted by atomic mass is 79.9. The van der Waals surface area contributed by atoms with E-state index in [4.69, 9.17) is 5.73 Å². The van der Waals surface area contributed by atoms with Crippen LogP contribution in [0.3, 0.4) is 0 Å². The summed E-state index contributed by atoms with van der Waals surface area (Å²) in [7, 11) is 0. The number of nitrogens with two attached hydrogens (primary N) is 1. The van der Waals surface area contributed by atoms with E-state index in [0.717, 1.165) is 23.3 Å². The van der Waals surface area contributed by atoms with Gasteiger partial charge in [-0.2, -0.15) is 0 Å². The number of halogens is 1. The van der Waals surface area contributed by atoms with Crippen molar-refractivity contribution in [1.29, 1.82) is 0 Å². The maximum Gasteiger partial charge on any atom is 0.140 e. The standard InChI is InChI=1S/C12H19BrN4/c13-11-8-10(14)9-16-12(11)15-4-3-7-17-5-1-2-6-17/h8-9H,1-7,14H2,(H,15,16). The first kappa shape index (κ1) is 12.6. The summed E-state index contributed by atoms with van der Waals surface area (Å²) in [5.41, 5.74) is 6.32. The summed E-state index contributed by atoms with van der Waals surface area (Å²) in [6, 6.07) is 1.87. The van der Waals surface area contributed by atoms with E-state index < -0.39 is 0 Å². The van der Waals surface area contributed by atoms with Crippen LogP contribution < -0.4 is 11.1 Å². The molecule has 1 saturated heterocycles. The molecule has 0 saturated carbocycles. The number of rotatable bonds is 5. The molecule has 2 heterocycles. The molecule has 0 bridgehead atoms. The number of pyridine rings is 1. The highest BCUT2D eigenvalue weighted by Crippen LogP contribution is 2.21. The van der Waals surface area contributed by atoms with Gasteiger partial charge in [0.25, 0.3) is 0 Å². The molecule has 2 rings (SSSR count). The van der Waals surface area contributed by atoms with Crippen molar-refractivity contribution in [3.63, 3.8) is 0 Å². The highest BCUT2D eigenvalue weighted by molar-refractivity contribution is 9.10. The molecule has 3 N–H and O–H groups in total. The highest BCUT2D eigenvalue weighted by Gasteiger charge is 2.10. The van der Waals surface area contributed by atoms with Gasteiger partial charge >= 0.3 is 0 Å². The van der Waals surface area contributed by atoms with Crippen molar-refractivity contribution in [2.45, 2.75) is 19.3 Å². The maximum absolute atomic E-state index is 5.64. The summed E-state index contributed by atoms with van der Waals surface area (Å²) in [6.45, 7) is 4.67. The van der Waals surface area contributed by atoms with Gasteiger partial charge in [0, 0.05) is 6.54 Å². The van der Waals surface area contributed by atoms with E-state index in [-0.39, 0.29) is 0 Å². The van der Waals surface area contributed by atoms with Crippen LogP contribution in [-0.2, 0) is 0 Å². The number of hydrogen-bond acceptors (Lipinski definition) is 4. The molecular formula is C12H19BrN4. The molecule has 1 fully saturated rings. The molecule has 94 valence electrons. The third-order valence-corrected chi connectivity index (χ3v) is 3.61. The van der Waals surface area contributed by atoms with Crippen LogP contribution in [-0.4, -0.2) is 36.1 Å². The van der Waals surface area contributed by atoms with Crippen molar-refractivity contribution in [3.05, 3.63) is 16.7 Å². The molecule has 1 aromatic heterocycles. The van der Waals surface area contributed by atoms with E-state index in [0.29, 0.717) is 5.69 Å². The van der Waals surface area contributed by atoms with Crippen LogP contribution in [0.5, 0.6) is 0 Å². The maximum atomic E-state index is 5.64. The summed E-state index contributed by atoms with van der Waals surface area (Å²) in [5, 5.41) is 3.32. The van der Waals surface area contributed by atoms with Crippen LogP contribution >= 0.6 is 15.9 Å². The second-order valence-electron chi connectivity index (χ2n) is 4.43. The first-order valence-corrected chi connectivity index (χ1v) is 6.92. The first-order valence-electron chi connectivity index (χ1n) is 6.13. The lowest BCUT2D eigenvalue weighted by Crippen LogP contribution is -2.22. The molecule has 1 aliphatic heterocycles. The minimum atomic E-state index is 0.680. The van der Waals surface area contributed by atoms with Gasteiger partial charge in [-0.1, -0.05) is 0 Å². The van der Waals surface area contributed by atoms with Crippen LogP contribution in [0.2, 0.25) is 0 Å². The van der Waals surface area contributed by atoms with Gasteiger partial charge in [0.15, 0.2) is 0 Å². The number of nitrogens with zero attached hydrogens (tertiary/aromatic N) is 2. The predicted octanol–water partition coefficient (Wildman–Crippen LogP) is 2.32. The minimum Gasteiger partial charge on any atom is -0.397 e. The van der Waals surface area contributed by atoms with Gasteiger partial charge in [0.1, 0.15) is 5.82 Å². The van der Waals surface area contributed by atoms with Crippen molar-refractivity contribution < 1.29 is 0 Å². The zero-order chi connectivity index (χ0) is 12.1. The van der Waals surface area contributed by atoms with Crippen molar-refractivity contribution in [3.8, 4) is 0 Å². The number of anilines is 2. The van der Waals surface area contributed by atoms with Gasteiger partial charge in [0.2, 0.25) is 0 Å².